The van der Waals surface area contributed by atoms with Crippen LogP contribution >= 0.6 is 0 Å². The highest BCUT2D eigenvalue weighted by Gasteiger charge is 2.32. The van der Waals surface area contributed by atoms with Gasteiger partial charge in [0, 0.05) is 12.1 Å². The molecule has 1 aliphatic heterocycles. The molecule has 3 aromatic carbocycles. The lowest BCUT2D eigenvalue weighted by molar-refractivity contribution is -0.122. The molecule has 1 fully saturated rings. The first-order valence-corrected chi connectivity index (χ1v) is 9.79. The van der Waals surface area contributed by atoms with E-state index in [0.29, 0.717) is 11.3 Å². The molecule has 0 unspecified atom stereocenters. The van der Waals surface area contributed by atoms with Gasteiger partial charge in [-0.05, 0) is 47.5 Å². The lowest BCUT2D eigenvalue weighted by Crippen LogP contribution is -2.30. The number of amides is 3. The highest BCUT2D eigenvalue weighted by atomic mass is 16.5. The average molecular weight is 416 g/mol. The number of benzene rings is 3. The smallest absolute Gasteiger partial charge is 0.335 e. The molecule has 7 nitrogen and oxygen atoms in total. The number of likely N-dealkylation sites (N-methyl/N-ethyl adjacent to an activating group) is 1. The second kappa shape index (κ2) is 8.31. The van der Waals surface area contributed by atoms with Crippen molar-refractivity contribution in [3.05, 3.63) is 83.1 Å². The van der Waals surface area contributed by atoms with Gasteiger partial charge in [0.25, 0.3) is 5.91 Å². The van der Waals surface area contributed by atoms with Gasteiger partial charge in [0.1, 0.15) is 18.1 Å². The molecule has 4 rings (SSSR count). The van der Waals surface area contributed by atoms with Crippen LogP contribution in [0.1, 0.15) is 28.4 Å². The second-order valence-electron chi connectivity index (χ2n) is 7.03. The van der Waals surface area contributed by atoms with Crippen molar-refractivity contribution in [2.45, 2.75) is 13.5 Å². The molecule has 0 aliphatic carbocycles. The number of hydrogen-bond acceptors (Lipinski definition) is 4. The summed E-state index contributed by atoms with van der Waals surface area (Å²) in [4.78, 5) is 36.7. The summed E-state index contributed by atoms with van der Waals surface area (Å²) in [5, 5.41) is 13.5. The van der Waals surface area contributed by atoms with Crippen molar-refractivity contribution < 1.29 is 24.2 Å². The number of imide groups is 1. The maximum atomic E-state index is 12.6. The highest BCUT2D eigenvalue weighted by molar-refractivity contribution is 6.14. The van der Waals surface area contributed by atoms with Crippen molar-refractivity contribution in [3.8, 4) is 5.75 Å². The van der Waals surface area contributed by atoms with Gasteiger partial charge in [-0.25, -0.2) is 9.59 Å². The topological polar surface area (TPSA) is 95.9 Å². The van der Waals surface area contributed by atoms with Gasteiger partial charge >= 0.3 is 12.0 Å². The predicted molar refractivity (Wildman–Crippen MR) is 116 cm³/mol. The van der Waals surface area contributed by atoms with Crippen molar-refractivity contribution in [2.24, 2.45) is 0 Å². The van der Waals surface area contributed by atoms with Gasteiger partial charge in [0.05, 0.1) is 5.56 Å². The highest BCUT2D eigenvalue weighted by Crippen LogP contribution is 2.31. The van der Waals surface area contributed by atoms with Gasteiger partial charge in [-0.1, -0.05) is 42.5 Å². The zero-order valence-electron chi connectivity index (χ0n) is 16.8. The van der Waals surface area contributed by atoms with E-state index in [1.165, 1.54) is 12.1 Å². The predicted octanol–water partition coefficient (Wildman–Crippen LogP) is 4.03. The summed E-state index contributed by atoms with van der Waals surface area (Å²) in [6.07, 6.45) is 1.64. The number of aromatic carboxylic acids is 1. The first-order chi connectivity index (χ1) is 15.0. The molecule has 156 valence electrons. The Labute approximate surface area is 178 Å². The van der Waals surface area contributed by atoms with Crippen molar-refractivity contribution in [1.29, 1.82) is 0 Å². The summed E-state index contributed by atoms with van der Waals surface area (Å²) in [5.41, 5.74) is 1.88. The Kier molecular flexibility index (Phi) is 5.41. The van der Waals surface area contributed by atoms with E-state index in [2.05, 4.69) is 5.32 Å². The zero-order valence-corrected chi connectivity index (χ0v) is 16.8. The molecule has 0 atom stereocenters. The van der Waals surface area contributed by atoms with Gasteiger partial charge < -0.3 is 15.2 Å². The first-order valence-electron chi connectivity index (χ1n) is 9.79. The van der Waals surface area contributed by atoms with E-state index in [0.717, 1.165) is 21.2 Å². The maximum absolute atomic E-state index is 12.6. The van der Waals surface area contributed by atoms with Crippen LogP contribution < -0.4 is 10.1 Å². The minimum Gasteiger partial charge on any atom is -0.488 e. The largest absolute Gasteiger partial charge is 0.488 e. The second-order valence-corrected chi connectivity index (χ2v) is 7.03. The fraction of sp³-hybridized carbons (Fsp3) is 0.125. The van der Waals surface area contributed by atoms with E-state index < -0.39 is 12.0 Å². The quantitative estimate of drug-likeness (QED) is 0.467. The van der Waals surface area contributed by atoms with E-state index in [-0.39, 0.29) is 30.3 Å². The molecule has 0 aromatic heterocycles. The number of carboxylic acids is 1. The lowest BCUT2D eigenvalue weighted by Gasteiger charge is -2.13. The van der Waals surface area contributed by atoms with E-state index in [9.17, 15) is 14.4 Å². The third kappa shape index (κ3) is 3.98. The summed E-state index contributed by atoms with van der Waals surface area (Å²) >= 11 is 0. The maximum Gasteiger partial charge on any atom is 0.335 e. The van der Waals surface area contributed by atoms with Crippen molar-refractivity contribution in [2.75, 3.05) is 6.54 Å². The molecule has 0 spiro atoms. The molecule has 7 heteroatoms. The average Bonchev–Trinajstić information content (AvgIpc) is 3.05. The summed E-state index contributed by atoms with van der Waals surface area (Å²) < 4.78 is 6.03. The Bertz CT molecular complexity index is 1210. The molecule has 1 aliphatic rings. The molecule has 2 N–H and O–H groups in total. The van der Waals surface area contributed by atoms with Crippen LogP contribution in [0.25, 0.3) is 16.8 Å². The molecule has 1 heterocycles. The Morgan fingerprint density at radius 1 is 1.06 bits per heavy atom. The summed E-state index contributed by atoms with van der Waals surface area (Å²) in [6.45, 7) is 2.24. The number of urea groups is 1. The normalized spacial score (nSPS) is 14.9. The van der Waals surface area contributed by atoms with E-state index in [1.54, 1.807) is 25.1 Å². The third-order valence-electron chi connectivity index (χ3n) is 5.09. The number of nitrogens with one attached hydrogen (secondary N) is 1. The molecule has 3 aromatic rings. The number of hydrogen-bond donors (Lipinski definition) is 2. The zero-order chi connectivity index (χ0) is 22.0. The van der Waals surface area contributed by atoms with Crippen LogP contribution in [0.15, 0.2) is 66.4 Å². The van der Waals surface area contributed by atoms with Crippen LogP contribution in [0, 0.1) is 0 Å². The van der Waals surface area contributed by atoms with Crippen LogP contribution in [0.2, 0.25) is 0 Å². The van der Waals surface area contributed by atoms with E-state index in [4.69, 9.17) is 9.84 Å². The molecule has 0 bridgehead atoms. The monoisotopic (exact) mass is 416 g/mol. The number of ether oxygens (including phenoxy) is 1. The Balaban J connectivity index is 1.69. The molecule has 31 heavy (non-hydrogen) atoms. The van der Waals surface area contributed by atoms with Gasteiger partial charge in [-0.15, -0.1) is 0 Å². The minimum atomic E-state index is -0.986. The Hall–Kier alpha value is -4.13. The van der Waals surface area contributed by atoms with Crippen LogP contribution in [-0.2, 0) is 11.4 Å². The van der Waals surface area contributed by atoms with Crippen molar-refractivity contribution in [3.63, 3.8) is 0 Å². The van der Waals surface area contributed by atoms with Crippen molar-refractivity contribution in [1.82, 2.24) is 10.2 Å². The molecular weight excluding hydrogens is 396 g/mol. The van der Waals surface area contributed by atoms with Crippen LogP contribution in [0.4, 0.5) is 4.79 Å². The summed E-state index contributed by atoms with van der Waals surface area (Å²) in [6, 6.07) is 17.4. The number of nitrogens with zero attached hydrogens (tertiary/aromatic N) is 1. The van der Waals surface area contributed by atoms with Gasteiger partial charge in [-0.2, -0.15) is 0 Å². The summed E-state index contributed by atoms with van der Waals surface area (Å²) in [7, 11) is 0. The standard InChI is InChI=1S/C24H20N2O5/c1-2-26-22(27)20(25-24(26)30)13-19-18-6-4-3-5-16(18)11-12-21(19)31-14-15-7-9-17(10-8-15)23(28)29/h3-13H,2,14H2,1H3,(H,25,30)(H,28,29)/b20-13+. The fourth-order valence-corrected chi connectivity index (χ4v) is 3.46. The SMILES string of the molecule is CCN1C(=O)N/C(=C/c2c(OCc3ccc(C(=O)O)cc3)ccc3ccccc23)C1=O. The number of rotatable bonds is 6. The van der Waals surface area contributed by atoms with E-state index >= 15 is 0 Å². The van der Waals surface area contributed by atoms with E-state index in [1.807, 2.05) is 36.4 Å². The Morgan fingerprint density at radius 3 is 2.48 bits per heavy atom. The minimum absolute atomic E-state index is 0.193. The van der Waals surface area contributed by atoms with Crippen LogP contribution in [0.3, 0.4) is 0 Å². The van der Waals surface area contributed by atoms with Crippen molar-refractivity contribution >= 4 is 34.8 Å². The number of carbonyl (C=O) groups excluding carboxylic acids is 2. The molecule has 1 saturated heterocycles. The third-order valence-corrected chi connectivity index (χ3v) is 5.09. The van der Waals surface area contributed by atoms with Gasteiger partial charge in [-0.3, -0.25) is 9.69 Å². The number of fused-ring (bicyclic) bond motifs is 1. The number of carboxylic acid groups (broad SMARTS) is 1. The number of carbonyl (C=O) groups is 3. The lowest BCUT2D eigenvalue weighted by atomic mass is 10.0. The molecule has 0 saturated carbocycles. The van der Waals surface area contributed by atoms with Gasteiger partial charge in [0.2, 0.25) is 0 Å². The summed E-state index contributed by atoms with van der Waals surface area (Å²) in [5.74, 6) is -0.818. The fourth-order valence-electron chi connectivity index (χ4n) is 3.46. The molecule has 3 amide bonds. The molecule has 0 radical (unpaired) electrons. The first kappa shape index (κ1) is 20.2. The van der Waals surface area contributed by atoms with Crippen LogP contribution in [-0.4, -0.2) is 34.5 Å². The Morgan fingerprint density at radius 2 is 1.81 bits per heavy atom. The molecular formula is C24H20N2O5. The van der Waals surface area contributed by atoms with Crippen LogP contribution in [0.5, 0.6) is 5.75 Å². The van der Waals surface area contributed by atoms with Gasteiger partial charge in [0.15, 0.2) is 0 Å².